The standard InChI is InChI=1S/C2H4O5S/c3-8(4)6-1-5-2-7-8/h1-2H2. The molecule has 5 nitrogen and oxygen atoms in total. The van der Waals surface area contributed by atoms with E-state index in [2.05, 4.69) is 13.1 Å². The average molecular weight is 140 g/mol. The highest BCUT2D eigenvalue weighted by molar-refractivity contribution is 7.81. The molecule has 1 aliphatic rings. The van der Waals surface area contributed by atoms with Crippen molar-refractivity contribution in [1.29, 1.82) is 0 Å². The summed E-state index contributed by atoms with van der Waals surface area (Å²) in [6.07, 6.45) is 0. The van der Waals surface area contributed by atoms with Gasteiger partial charge in [-0.1, -0.05) is 0 Å². The number of rotatable bonds is 0. The molecule has 0 aromatic carbocycles. The maximum atomic E-state index is 10.1. The molecule has 1 aliphatic heterocycles. The van der Waals surface area contributed by atoms with Gasteiger partial charge in [-0.15, -0.1) is 0 Å². The van der Waals surface area contributed by atoms with Crippen molar-refractivity contribution < 1.29 is 21.5 Å². The highest BCUT2D eigenvalue weighted by Gasteiger charge is 2.16. The van der Waals surface area contributed by atoms with Gasteiger partial charge in [-0.05, 0) is 0 Å². The Hall–Kier alpha value is -0.170. The third-order valence-electron chi connectivity index (χ3n) is 0.552. The minimum Gasteiger partial charge on any atom is -0.327 e. The van der Waals surface area contributed by atoms with Crippen LogP contribution in [-0.4, -0.2) is 22.0 Å². The molecule has 0 saturated carbocycles. The molecular weight excluding hydrogens is 136 g/mol. The Kier molecular flexibility index (Phi) is 1.47. The molecule has 1 rings (SSSR count). The zero-order valence-electron chi connectivity index (χ0n) is 3.86. The van der Waals surface area contributed by atoms with Gasteiger partial charge in [-0.3, -0.25) is 0 Å². The van der Waals surface area contributed by atoms with Crippen molar-refractivity contribution >= 4 is 10.4 Å². The van der Waals surface area contributed by atoms with Gasteiger partial charge in [-0.25, -0.2) is 8.37 Å². The smallest absolute Gasteiger partial charge is 0.327 e. The molecule has 0 amide bonds. The van der Waals surface area contributed by atoms with E-state index in [1.165, 1.54) is 0 Å². The van der Waals surface area contributed by atoms with E-state index in [0.717, 1.165) is 0 Å². The molecule has 6 heteroatoms. The Labute approximate surface area is 46.5 Å². The summed E-state index contributed by atoms with van der Waals surface area (Å²) in [6.45, 7) is -0.495. The molecule has 48 valence electrons. The third kappa shape index (κ3) is 1.41. The Morgan fingerprint density at radius 1 is 1.12 bits per heavy atom. The number of hydrogen-bond acceptors (Lipinski definition) is 5. The van der Waals surface area contributed by atoms with E-state index in [1.807, 2.05) is 0 Å². The number of hydrogen-bond donors (Lipinski definition) is 0. The highest BCUT2D eigenvalue weighted by Crippen LogP contribution is 2.01. The minimum atomic E-state index is -3.71. The van der Waals surface area contributed by atoms with E-state index in [9.17, 15) is 8.42 Å². The molecule has 0 spiro atoms. The van der Waals surface area contributed by atoms with E-state index in [1.54, 1.807) is 0 Å². The van der Waals surface area contributed by atoms with Crippen molar-refractivity contribution in [2.45, 2.75) is 0 Å². The Balaban J connectivity index is 2.58. The fourth-order valence-corrected chi connectivity index (χ4v) is 0.694. The van der Waals surface area contributed by atoms with Gasteiger partial charge in [0, 0.05) is 0 Å². The molecule has 8 heavy (non-hydrogen) atoms. The topological polar surface area (TPSA) is 61.8 Å². The van der Waals surface area contributed by atoms with Gasteiger partial charge >= 0.3 is 10.4 Å². The molecule has 0 radical (unpaired) electrons. The maximum absolute atomic E-state index is 10.1. The highest BCUT2D eigenvalue weighted by atomic mass is 32.3. The van der Waals surface area contributed by atoms with Crippen molar-refractivity contribution in [3.63, 3.8) is 0 Å². The van der Waals surface area contributed by atoms with E-state index < -0.39 is 10.4 Å². The summed E-state index contributed by atoms with van der Waals surface area (Å²) in [5.41, 5.74) is 0. The van der Waals surface area contributed by atoms with Crippen LogP contribution in [0.5, 0.6) is 0 Å². The lowest BCUT2D eigenvalue weighted by Gasteiger charge is -2.10. The molecule has 1 heterocycles. The second-order valence-corrected chi connectivity index (χ2v) is 2.37. The van der Waals surface area contributed by atoms with Gasteiger partial charge in [0.1, 0.15) is 0 Å². The largest absolute Gasteiger partial charge is 0.404 e. The van der Waals surface area contributed by atoms with Gasteiger partial charge < -0.3 is 4.74 Å². The summed E-state index contributed by atoms with van der Waals surface area (Å²) in [7, 11) is -3.71. The first-order chi connectivity index (χ1) is 3.71. The summed E-state index contributed by atoms with van der Waals surface area (Å²) in [5, 5.41) is 0. The lowest BCUT2D eigenvalue weighted by Crippen LogP contribution is -2.20. The predicted octanol–water partition coefficient (Wildman–Crippen LogP) is -0.790. The van der Waals surface area contributed by atoms with Crippen LogP contribution in [0.1, 0.15) is 0 Å². The number of ether oxygens (including phenoxy) is 1. The van der Waals surface area contributed by atoms with Gasteiger partial charge in [0.05, 0.1) is 0 Å². The van der Waals surface area contributed by atoms with Crippen LogP contribution in [0.2, 0.25) is 0 Å². The zero-order chi connectivity index (χ0) is 6.04. The van der Waals surface area contributed by atoms with E-state index in [-0.39, 0.29) is 13.6 Å². The molecule has 0 unspecified atom stereocenters. The van der Waals surface area contributed by atoms with E-state index >= 15 is 0 Å². The zero-order valence-corrected chi connectivity index (χ0v) is 4.68. The van der Waals surface area contributed by atoms with Crippen LogP contribution in [0.25, 0.3) is 0 Å². The molecule has 0 aliphatic carbocycles. The van der Waals surface area contributed by atoms with Gasteiger partial charge in [0.2, 0.25) is 0 Å². The van der Waals surface area contributed by atoms with Crippen LogP contribution in [0.3, 0.4) is 0 Å². The first-order valence-corrected chi connectivity index (χ1v) is 3.15. The van der Waals surface area contributed by atoms with Crippen LogP contribution in [0.4, 0.5) is 0 Å². The Morgan fingerprint density at radius 3 is 1.88 bits per heavy atom. The van der Waals surface area contributed by atoms with Crippen LogP contribution in [0.15, 0.2) is 0 Å². The fraction of sp³-hybridized carbons (Fsp3) is 1.00. The quantitative estimate of drug-likeness (QED) is 0.441. The summed E-state index contributed by atoms with van der Waals surface area (Å²) in [6, 6.07) is 0. The molecule has 1 fully saturated rings. The van der Waals surface area contributed by atoms with Crippen LogP contribution in [0, 0.1) is 0 Å². The van der Waals surface area contributed by atoms with Crippen LogP contribution >= 0.6 is 0 Å². The summed E-state index contributed by atoms with van der Waals surface area (Å²) in [4.78, 5) is 0. The molecule has 0 N–H and O–H groups in total. The van der Waals surface area contributed by atoms with Crippen molar-refractivity contribution in [2.75, 3.05) is 13.6 Å². The lowest BCUT2D eigenvalue weighted by molar-refractivity contribution is -0.0950. The molecule has 0 aromatic heterocycles. The minimum absolute atomic E-state index is 0.248. The second-order valence-electron chi connectivity index (χ2n) is 1.08. The summed E-state index contributed by atoms with van der Waals surface area (Å²) >= 11 is 0. The molecule has 0 aromatic rings. The normalized spacial score (nSPS) is 27.5. The fourth-order valence-electron chi connectivity index (χ4n) is 0.254. The van der Waals surface area contributed by atoms with Crippen LogP contribution < -0.4 is 0 Å². The Bertz CT molecular complexity index is 145. The first kappa shape index (κ1) is 5.96. The second kappa shape index (κ2) is 1.98. The molecule has 1 saturated heterocycles. The van der Waals surface area contributed by atoms with Crippen molar-refractivity contribution in [3.8, 4) is 0 Å². The Morgan fingerprint density at radius 2 is 1.62 bits per heavy atom. The van der Waals surface area contributed by atoms with E-state index in [4.69, 9.17) is 0 Å². The maximum Gasteiger partial charge on any atom is 0.404 e. The monoisotopic (exact) mass is 140 g/mol. The van der Waals surface area contributed by atoms with Crippen molar-refractivity contribution in [2.24, 2.45) is 0 Å². The summed E-state index contributed by atoms with van der Waals surface area (Å²) < 4.78 is 32.6. The third-order valence-corrected chi connectivity index (χ3v) is 1.32. The average Bonchev–Trinajstić information content (AvgIpc) is 1.65. The van der Waals surface area contributed by atoms with Gasteiger partial charge in [-0.2, -0.15) is 8.42 Å². The summed E-state index contributed by atoms with van der Waals surface area (Å²) in [5.74, 6) is 0. The molecular formula is C2H4O5S. The first-order valence-electron chi connectivity index (χ1n) is 1.82. The van der Waals surface area contributed by atoms with E-state index in [0.29, 0.717) is 0 Å². The lowest BCUT2D eigenvalue weighted by atomic mass is 11.4. The molecule has 0 bridgehead atoms. The predicted molar refractivity (Wildman–Crippen MR) is 21.9 cm³/mol. The van der Waals surface area contributed by atoms with Crippen LogP contribution in [-0.2, 0) is 23.5 Å². The van der Waals surface area contributed by atoms with Gasteiger partial charge in [0.15, 0.2) is 13.6 Å². The van der Waals surface area contributed by atoms with Gasteiger partial charge in [0.25, 0.3) is 0 Å². The molecule has 0 atom stereocenters. The van der Waals surface area contributed by atoms with Crippen molar-refractivity contribution in [1.82, 2.24) is 0 Å². The van der Waals surface area contributed by atoms with Crippen molar-refractivity contribution in [3.05, 3.63) is 0 Å². The SMILES string of the molecule is O=S1(=O)OCOCO1.